The van der Waals surface area contributed by atoms with Gasteiger partial charge in [-0.05, 0) is 17.7 Å². The van der Waals surface area contributed by atoms with Crippen LogP contribution in [0.1, 0.15) is 22.0 Å². The van der Waals surface area contributed by atoms with E-state index in [1.54, 1.807) is 24.3 Å². The number of nitrogens with one attached hydrogen (secondary N) is 1. The van der Waals surface area contributed by atoms with Gasteiger partial charge in [0.1, 0.15) is 12.7 Å². The van der Waals surface area contributed by atoms with Crippen LogP contribution in [0.4, 0.5) is 5.69 Å². The number of ether oxygens (including phenoxy) is 2. The minimum atomic E-state index is -0.747. The van der Waals surface area contributed by atoms with Crippen molar-refractivity contribution in [1.29, 1.82) is 0 Å². The maximum atomic E-state index is 12.5. The van der Waals surface area contributed by atoms with Crippen molar-refractivity contribution in [3.8, 4) is 0 Å². The van der Waals surface area contributed by atoms with E-state index in [2.05, 4.69) is 5.32 Å². The van der Waals surface area contributed by atoms with Crippen LogP contribution in [-0.2, 0) is 14.3 Å². The first-order valence-corrected chi connectivity index (χ1v) is 7.92. The van der Waals surface area contributed by atoms with Gasteiger partial charge in [-0.3, -0.25) is 14.9 Å². The fraction of sp³-hybridized carbons (Fsp3) is 0.222. The third-order valence-electron chi connectivity index (χ3n) is 3.92. The number of carbonyl (C=O) groups is 2. The largest absolute Gasteiger partial charge is 0.452 e. The Balaban J connectivity index is 1.81. The zero-order valence-electron chi connectivity index (χ0n) is 13.7. The lowest BCUT2D eigenvalue weighted by Gasteiger charge is -2.31. The average Bonchev–Trinajstić information content (AvgIpc) is 2.66. The second-order valence-electron chi connectivity index (χ2n) is 5.73. The molecule has 1 N–H and O–H groups in total. The lowest BCUT2D eigenvalue weighted by atomic mass is 10.0. The number of amides is 1. The Morgan fingerprint density at radius 2 is 1.88 bits per heavy atom. The number of non-ortho nitro benzene ring substituents is 1. The number of benzene rings is 2. The van der Waals surface area contributed by atoms with E-state index in [1.807, 2.05) is 6.07 Å². The number of carbonyl (C=O) groups excluding carboxylic acids is 2. The van der Waals surface area contributed by atoms with Crippen molar-refractivity contribution < 1.29 is 24.0 Å². The van der Waals surface area contributed by atoms with E-state index in [-0.39, 0.29) is 30.4 Å². The van der Waals surface area contributed by atoms with Gasteiger partial charge < -0.3 is 14.8 Å². The standard InChI is InChI=1S/C18H16N2O6/c21-16-11-25-10-15(19-16)17(12-4-2-1-3-5-12)26-18(22)13-6-8-14(9-7-13)20(23)24/h1-9,15,17H,10-11H2,(H,19,21)/t15-,17+/m1/s1. The van der Waals surface area contributed by atoms with Crippen LogP contribution in [0.2, 0.25) is 0 Å². The van der Waals surface area contributed by atoms with Crippen LogP contribution in [-0.4, -0.2) is 36.1 Å². The van der Waals surface area contributed by atoms with Crippen LogP contribution in [0.25, 0.3) is 0 Å². The lowest BCUT2D eigenvalue weighted by molar-refractivity contribution is -0.384. The van der Waals surface area contributed by atoms with Crippen molar-refractivity contribution in [3.05, 3.63) is 75.8 Å². The monoisotopic (exact) mass is 356 g/mol. The highest BCUT2D eigenvalue weighted by molar-refractivity contribution is 5.90. The van der Waals surface area contributed by atoms with E-state index in [4.69, 9.17) is 9.47 Å². The van der Waals surface area contributed by atoms with Gasteiger partial charge in [0.05, 0.1) is 23.1 Å². The number of nitrogens with zero attached hydrogens (tertiary/aromatic N) is 1. The molecule has 2 atom stereocenters. The summed E-state index contributed by atoms with van der Waals surface area (Å²) in [5.41, 5.74) is 0.771. The van der Waals surface area contributed by atoms with Gasteiger partial charge >= 0.3 is 5.97 Å². The maximum absolute atomic E-state index is 12.5. The van der Waals surface area contributed by atoms with Gasteiger partial charge in [-0.15, -0.1) is 0 Å². The molecule has 2 aromatic rings. The highest BCUT2D eigenvalue weighted by Crippen LogP contribution is 2.25. The minimum Gasteiger partial charge on any atom is -0.452 e. The Hall–Kier alpha value is -3.26. The average molecular weight is 356 g/mol. The van der Waals surface area contributed by atoms with E-state index in [0.29, 0.717) is 5.56 Å². The van der Waals surface area contributed by atoms with E-state index < -0.39 is 23.0 Å². The molecule has 134 valence electrons. The van der Waals surface area contributed by atoms with Crippen molar-refractivity contribution in [2.24, 2.45) is 0 Å². The van der Waals surface area contributed by atoms with E-state index in [0.717, 1.165) is 0 Å². The summed E-state index contributed by atoms with van der Waals surface area (Å²) in [5.74, 6) is -0.929. The molecule has 26 heavy (non-hydrogen) atoms. The number of morpholine rings is 1. The number of esters is 1. The topological polar surface area (TPSA) is 108 Å². The Bertz CT molecular complexity index is 806. The number of nitro benzene ring substituents is 1. The maximum Gasteiger partial charge on any atom is 0.338 e. The molecule has 3 rings (SSSR count). The fourth-order valence-electron chi connectivity index (χ4n) is 2.66. The third-order valence-corrected chi connectivity index (χ3v) is 3.92. The molecule has 8 nitrogen and oxygen atoms in total. The molecule has 1 aliphatic heterocycles. The smallest absolute Gasteiger partial charge is 0.338 e. The molecule has 1 heterocycles. The summed E-state index contributed by atoms with van der Waals surface area (Å²) in [5, 5.41) is 13.5. The molecule has 2 aromatic carbocycles. The van der Waals surface area contributed by atoms with Crippen molar-refractivity contribution >= 4 is 17.6 Å². The Morgan fingerprint density at radius 3 is 2.50 bits per heavy atom. The highest BCUT2D eigenvalue weighted by Gasteiger charge is 2.31. The first kappa shape index (κ1) is 17.6. The Kier molecular flexibility index (Phi) is 5.23. The molecule has 1 aliphatic rings. The second kappa shape index (κ2) is 7.75. The summed E-state index contributed by atoms with van der Waals surface area (Å²) in [6.45, 7) is 0.174. The number of hydrogen-bond acceptors (Lipinski definition) is 6. The van der Waals surface area contributed by atoms with Gasteiger partial charge in [0.25, 0.3) is 5.69 Å². The van der Waals surface area contributed by atoms with Crippen molar-refractivity contribution in [2.75, 3.05) is 13.2 Å². The second-order valence-corrected chi connectivity index (χ2v) is 5.73. The molecule has 0 saturated carbocycles. The van der Waals surface area contributed by atoms with Gasteiger partial charge in [-0.1, -0.05) is 30.3 Å². The van der Waals surface area contributed by atoms with Crippen LogP contribution in [0, 0.1) is 10.1 Å². The Labute approximate surface area is 148 Å². The van der Waals surface area contributed by atoms with Crippen molar-refractivity contribution in [2.45, 2.75) is 12.1 Å². The molecule has 0 radical (unpaired) electrons. The fourth-order valence-corrected chi connectivity index (χ4v) is 2.66. The van der Waals surface area contributed by atoms with Gasteiger partial charge in [-0.2, -0.15) is 0 Å². The van der Waals surface area contributed by atoms with Crippen LogP contribution < -0.4 is 5.32 Å². The van der Waals surface area contributed by atoms with E-state index in [1.165, 1.54) is 24.3 Å². The normalized spacial score (nSPS) is 17.8. The number of nitro groups is 1. The molecule has 0 aromatic heterocycles. The predicted molar refractivity (Wildman–Crippen MR) is 90.4 cm³/mol. The molecule has 0 aliphatic carbocycles. The number of hydrogen-bond donors (Lipinski definition) is 1. The van der Waals surface area contributed by atoms with Gasteiger partial charge in [0, 0.05) is 12.1 Å². The SMILES string of the molecule is O=C1COC[C@H]([C@@H](OC(=O)c2ccc([N+](=O)[O-])cc2)c2ccccc2)N1. The van der Waals surface area contributed by atoms with Crippen LogP contribution in [0.15, 0.2) is 54.6 Å². The summed E-state index contributed by atoms with van der Waals surface area (Å²) in [6.07, 6.45) is -0.747. The van der Waals surface area contributed by atoms with Crippen LogP contribution >= 0.6 is 0 Å². The van der Waals surface area contributed by atoms with Crippen molar-refractivity contribution in [1.82, 2.24) is 5.32 Å². The predicted octanol–water partition coefficient (Wildman–Crippen LogP) is 2.01. The summed E-state index contributed by atoms with van der Waals surface area (Å²) in [7, 11) is 0. The summed E-state index contributed by atoms with van der Waals surface area (Å²) < 4.78 is 10.9. The molecule has 1 saturated heterocycles. The summed E-state index contributed by atoms with van der Waals surface area (Å²) in [4.78, 5) is 34.3. The summed E-state index contributed by atoms with van der Waals surface area (Å²) >= 11 is 0. The Morgan fingerprint density at radius 1 is 1.19 bits per heavy atom. The van der Waals surface area contributed by atoms with Gasteiger partial charge in [0.2, 0.25) is 5.91 Å². The first-order valence-electron chi connectivity index (χ1n) is 7.92. The zero-order valence-corrected chi connectivity index (χ0v) is 13.7. The van der Waals surface area contributed by atoms with E-state index >= 15 is 0 Å². The third kappa shape index (κ3) is 4.04. The van der Waals surface area contributed by atoms with Crippen molar-refractivity contribution in [3.63, 3.8) is 0 Å². The minimum absolute atomic E-state index is 0.0334. The highest BCUT2D eigenvalue weighted by atomic mass is 16.6. The lowest BCUT2D eigenvalue weighted by Crippen LogP contribution is -2.49. The van der Waals surface area contributed by atoms with Gasteiger partial charge in [-0.25, -0.2) is 4.79 Å². The molecule has 0 spiro atoms. The number of rotatable bonds is 5. The molecule has 0 unspecified atom stereocenters. The molecule has 0 bridgehead atoms. The van der Waals surface area contributed by atoms with Crippen LogP contribution in [0.5, 0.6) is 0 Å². The molecule has 1 amide bonds. The van der Waals surface area contributed by atoms with Gasteiger partial charge in [0.15, 0.2) is 0 Å². The van der Waals surface area contributed by atoms with E-state index in [9.17, 15) is 19.7 Å². The molecule has 1 fully saturated rings. The summed E-state index contributed by atoms with van der Waals surface area (Å²) in [6, 6.07) is 13.6. The first-order chi connectivity index (χ1) is 12.5. The quantitative estimate of drug-likeness (QED) is 0.499. The molecule has 8 heteroatoms. The molecular weight excluding hydrogens is 340 g/mol. The zero-order chi connectivity index (χ0) is 18.5. The molecular formula is C18H16N2O6. The van der Waals surface area contributed by atoms with Crippen LogP contribution in [0.3, 0.4) is 0 Å².